The summed E-state index contributed by atoms with van der Waals surface area (Å²) in [6.07, 6.45) is 0. The Labute approximate surface area is 152 Å². The Hall–Kier alpha value is -3.29. The molecular formula is C19H13N3O3S. The van der Waals surface area contributed by atoms with E-state index in [0.29, 0.717) is 16.3 Å². The molecule has 26 heavy (non-hydrogen) atoms. The normalized spacial score (nSPS) is 10.8. The van der Waals surface area contributed by atoms with Crippen molar-refractivity contribution in [3.05, 3.63) is 71.2 Å². The van der Waals surface area contributed by atoms with Crippen LogP contribution in [0.5, 0.6) is 0 Å². The van der Waals surface area contributed by atoms with E-state index in [1.165, 1.54) is 11.3 Å². The number of benzene rings is 2. The van der Waals surface area contributed by atoms with Crippen LogP contribution in [0.15, 0.2) is 60.7 Å². The highest BCUT2D eigenvalue weighted by Crippen LogP contribution is 2.28. The van der Waals surface area contributed by atoms with E-state index in [4.69, 9.17) is 5.21 Å². The Bertz CT molecular complexity index is 1150. The third-order valence-electron chi connectivity index (χ3n) is 3.93. The Morgan fingerprint density at radius 1 is 0.923 bits per heavy atom. The first-order valence-electron chi connectivity index (χ1n) is 7.79. The largest absolute Gasteiger partial charge is 0.321 e. The zero-order chi connectivity index (χ0) is 18.1. The number of nitrogens with one attached hydrogen (secondary N) is 2. The molecule has 0 aliphatic carbocycles. The van der Waals surface area contributed by atoms with Gasteiger partial charge in [-0.3, -0.25) is 14.8 Å². The number of rotatable bonds is 3. The molecule has 2 aromatic heterocycles. The highest BCUT2D eigenvalue weighted by Gasteiger charge is 2.12. The minimum atomic E-state index is -0.558. The second-order valence-electron chi connectivity index (χ2n) is 5.65. The number of carbonyl (C=O) groups is 2. The quantitative estimate of drug-likeness (QED) is 0.381. The molecule has 128 valence electrons. The molecule has 2 amide bonds. The van der Waals surface area contributed by atoms with Crippen LogP contribution in [0, 0.1) is 0 Å². The lowest BCUT2D eigenvalue weighted by Crippen LogP contribution is -2.16. The molecule has 0 spiro atoms. The fourth-order valence-corrected chi connectivity index (χ4v) is 3.66. The number of fused-ring (bicyclic) bond motifs is 2. The van der Waals surface area contributed by atoms with Crippen LogP contribution in [0.25, 0.3) is 21.0 Å². The van der Waals surface area contributed by atoms with Crippen LogP contribution >= 0.6 is 11.3 Å². The van der Waals surface area contributed by atoms with Gasteiger partial charge >= 0.3 is 0 Å². The number of hydrogen-bond acceptors (Lipinski definition) is 5. The van der Waals surface area contributed by atoms with E-state index in [1.54, 1.807) is 29.7 Å². The van der Waals surface area contributed by atoms with E-state index in [-0.39, 0.29) is 5.91 Å². The van der Waals surface area contributed by atoms with Crippen molar-refractivity contribution in [1.82, 2.24) is 10.5 Å². The van der Waals surface area contributed by atoms with Gasteiger partial charge in [0, 0.05) is 15.8 Å². The molecule has 0 saturated carbocycles. The topological polar surface area (TPSA) is 91.3 Å². The van der Waals surface area contributed by atoms with Gasteiger partial charge in [0.05, 0.1) is 10.4 Å². The summed E-state index contributed by atoms with van der Waals surface area (Å²) < 4.78 is 0.827. The first-order chi connectivity index (χ1) is 12.6. The molecule has 2 aromatic carbocycles. The summed E-state index contributed by atoms with van der Waals surface area (Å²) in [5.74, 6) is -0.864. The molecule has 6 nitrogen and oxygen atoms in total. The maximum absolute atomic E-state index is 12.5. The van der Waals surface area contributed by atoms with Gasteiger partial charge in [-0.05, 0) is 35.7 Å². The van der Waals surface area contributed by atoms with Crippen molar-refractivity contribution in [2.75, 3.05) is 5.32 Å². The summed E-state index contributed by atoms with van der Waals surface area (Å²) in [6, 6.07) is 18.2. The molecule has 7 heteroatoms. The molecule has 0 saturated heterocycles. The number of nitrogens with zero attached hydrogens (tertiary/aromatic N) is 1. The van der Waals surface area contributed by atoms with E-state index in [9.17, 15) is 9.59 Å². The summed E-state index contributed by atoms with van der Waals surface area (Å²) in [7, 11) is 0. The average molecular weight is 363 g/mol. The minimum absolute atomic E-state index is 0.306. The van der Waals surface area contributed by atoms with E-state index in [1.807, 2.05) is 36.4 Å². The number of aromatic nitrogens is 1. The molecule has 4 rings (SSSR count). The summed E-state index contributed by atoms with van der Waals surface area (Å²) >= 11 is 1.23. The number of carbonyl (C=O) groups excluding carboxylic acids is 2. The molecule has 0 unspecified atom stereocenters. The van der Waals surface area contributed by atoms with Gasteiger partial charge in [-0.15, -0.1) is 11.3 Å². The smallest absolute Gasteiger partial charge is 0.284 e. The molecule has 0 aliphatic rings. The molecule has 2 heterocycles. The lowest BCUT2D eigenvalue weighted by atomic mass is 10.2. The van der Waals surface area contributed by atoms with Gasteiger partial charge in [-0.1, -0.05) is 30.3 Å². The fraction of sp³-hybridized carbons (Fsp3) is 0. The fourth-order valence-electron chi connectivity index (χ4n) is 2.66. The monoisotopic (exact) mass is 363 g/mol. The maximum atomic E-state index is 12.5. The number of hydrogen-bond donors (Lipinski definition) is 3. The lowest BCUT2D eigenvalue weighted by molar-refractivity contribution is 0.0711. The van der Waals surface area contributed by atoms with E-state index in [0.717, 1.165) is 21.0 Å². The van der Waals surface area contributed by atoms with E-state index >= 15 is 0 Å². The van der Waals surface area contributed by atoms with Crippen molar-refractivity contribution in [2.45, 2.75) is 0 Å². The predicted molar refractivity (Wildman–Crippen MR) is 101 cm³/mol. The van der Waals surface area contributed by atoms with Gasteiger partial charge in [-0.25, -0.2) is 10.5 Å². The average Bonchev–Trinajstić information content (AvgIpc) is 3.10. The molecule has 4 aromatic rings. The van der Waals surface area contributed by atoms with Crippen molar-refractivity contribution >= 4 is 49.8 Å². The minimum Gasteiger partial charge on any atom is -0.321 e. The molecule has 0 fully saturated rings. The molecule has 0 bridgehead atoms. The molecule has 0 aliphatic heterocycles. The van der Waals surface area contributed by atoms with Crippen LogP contribution in [0.4, 0.5) is 5.69 Å². The number of hydroxylamine groups is 1. The maximum Gasteiger partial charge on any atom is 0.284 e. The van der Waals surface area contributed by atoms with Crippen molar-refractivity contribution in [1.29, 1.82) is 0 Å². The number of anilines is 1. The van der Waals surface area contributed by atoms with Gasteiger partial charge in [0.15, 0.2) is 0 Å². The molecule has 0 radical (unpaired) electrons. The van der Waals surface area contributed by atoms with Crippen molar-refractivity contribution in [3.8, 4) is 0 Å². The first-order valence-corrected chi connectivity index (χ1v) is 8.61. The number of para-hydroxylation sites is 1. The lowest BCUT2D eigenvalue weighted by Gasteiger charge is -2.06. The van der Waals surface area contributed by atoms with Crippen molar-refractivity contribution in [2.24, 2.45) is 0 Å². The third-order valence-corrected chi connectivity index (χ3v) is 5.03. The summed E-state index contributed by atoms with van der Waals surface area (Å²) in [5.41, 5.74) is 3.31. The van der Waals surface area contributed by atoms with Gasteiger partial charge in [0.1, 0.15) is 5.69 Å². The summed E-state index contributed by atoms with van der Waals surface area (Å²) in [5, 5.41) is 13.4. The summed E-state index contributed by atoms with van der Waals surface area (Å²) in [6.45, 7) is 0. The molecule has 0 atom stereocenters. The van der Waals surface area contributed by atoms with Crippen molar-refractivity contribution < 1.29 is 14.8 Å². The van der Waals surface area contributed by atoms with Gasteiger partial charge in [-0.2, -0.15) is 0 Å². The summed E-state index contributed by atoms with van der Waals surface area (Å²) in [4.78, 5) is 28.8. The van der Waals surface area contributed by atoms with Gasteiger partial charge < -0.3 is 5.32 Å². The SMILES string of the molecule is O=C(Nc1ccc2cc(C(=O)NO)sc2c1)c1ccc2ccccc2n1. The molecular weight excluding hydrogens is 350 g/mol. The third kappa shape index (κ3) is 3.01. The Morgan fingerprint density at radius 2 is 1.73 bits per heavy atom. The Morgan fingerprint density at radius 3 is 2.58 bits per heavy atom. The van der Waals surface area contributed by atoms with Crippen LogP contribution in [0.2, 0.25) is 0 Å². The zero-order valence-electron chi connectivity index (χ0n) is 13.4. The Kier molecular flexibility index (Phi) is 4.08. The van der Waals surface area contributed by atoms with Crippen LogP contribution in [0.1, 0.15) is 20.2 Å². The second-order valence-corrected chi connectivity index (χ2v) is 6.73. The second kappa shape index (κ2) is 6.55. The van der Waals surface area contributed by atoms with Crippen LogP contribution in [-0.2, 0) is 0 Å². The first kappa shape index (κ1) is 16.2. The van der Waals surface area contributed by atoms with Crippen LogP contribution in [-0.4, -0.2) is 22.0 Å². The number of amides is 2. The zero-order valence-corrected chi connectivity index (χ0v) is 14.2. The standard InChI is InChI=1S/C19H13N3O3S/c23-18(15-8-6-11-3-1-2-4-14(11)21-15)20-13-7-5-12-9-17(19(24)22-25)26-16(12)10-13/h1-10,25H,(H,20,23)(H,22,24). The van der Waals surface area contributed by atoms with Crippen molar-refractivity contribution in [3.63, 3.8) is 0 Å². The number of pyridine rings is 1. The van der Waals surface area contributed by atoms with E-state index in [2.05, 4.69) is 10.3 Å². The van der Waals surface area contributed by atoms with E-state index < -0.39 is 5.91 Å². The van der Waals surface area contributed by atoms with Gasteiger partial charge in [0.2, 0.25) is 0 Å². The van der Waals surface area contributed by atoms with Crippen LogP contribution in [0.3, 0.4) is 0 Å². The Balaban J connectivity index is 1.60. The predicted octanol–water partition coefficient (Wildman–Crippen LogP) is 3.82. The van der Waals surface area contributed by atoms with Crippen LogP contribution < -0.4 is 10.8 Å². The highest BCUT2D eigenvalue weighted by atomic mass is 32.1. The highest BCUT2D eigenvalue weighted by molar-refractivity contribution is 7.20. The number of thiophene rings is 1. The molecule has 3 N–H and O–H groups in total. The van der Waals surface area contributed by atoms with Gasteiger partial charge in [0.25, 0.3) is 11.8 Å².